The second-order valence-electron chi connectivity index (χ2n) is 5.26. The van der Waals surface area contributed by atoms with Crippen LogP contribution in [0.4, 0.5) is 0 Å². The average molecular weight is 299 g/mol. The van der Waals surface area contributed by atoms with Gasteiger partial charge < -0.3 is 10.1 Å². The van der Waals surface area contributed by atoms with Crippen LogP contribution in [-0.2, 0) is 4.74 Å². The molecule has 2 unspecified atom stereocenters. The van der Waals surface area contributed by atoms with E-state index in [2.05, 4.69) is 17.1 Å². The number of hydrogen-bond donors (Lipinski definition) is 1. The van der Waals surface area contributed by atoms with Crippen molar-refractivity contribution < 1.29 is 4.74 Å². The fourth-order valence-corrected chi connectivity index (χ4v) is 2.80. The molecule has 3 nitrogen and oxygen atoms in total. The summed E-state index contributed by atoms with van der Waals surface area (Å²) in [5, 5.41) is 3.38. The Morgan fingerprint density at radius 1 is 1.11 bits per heavy atom. The third-order valence-corrected chi connectivity index (χ3v) is 3.98. The Bertz CT molecular complexity index is 201. The minimum absolute atomic E-state index is 0. The zero-order valence-electron chi connectivity index (χ0n) is 11.4. The minimum atomic E-state index is 0. The summed E-state index contributed by atoms with van der Waals surface area (Å²) in [7, 11) is 0. The van der Waals surface area contributed by atoms with Gasteiger partial charge in [-0.25, -0.2) is 0 Å². The molecule has 0 aromatic heterocycles. The molecule has 2 atom stereocenters. The number of rotatable bonds is 4. The third-order valence-electron chi connectivity index (χ3n) is 3.98. The summed E-state index contributed by atoms with van der Waals surface area (Å²) in [4.78, 5) is 2.50. The lowest BCUT2D eigenvalue weighted by atomic mass is 9.88. The van der Waals surface area contributed by atoms with Crippen LogP contribution < -0.4 is 5.32 Å². The molecule has 110 valence electrons. The van der Waals surface area contributed by atoms with Gasteiger partial charge in [0, 0.05) is 32.7 Å². The van der Waals surface area contributed by atoms with Crippen LogP contribution in [0, 0.1) is 5.92 Å². The van der Waals surface area contributed by atoms with Crippen molar-refractivity contribution in [3.05, 3.63) is 0 Å². The van der Waals surface area contributed by atoms with E-state index in [1.54, 1.807) is 0 Å². The topological polar surface area (TPSA) is 24.5 Å². The van der Waals surface area contributed by atoms with Gasteiger partial charge in [-0.1, -0.05) is 19.8 Å². The Labute approximate surface area is 124 Å². The normalized spacial score (nSPS) is 29.2. The van der Waals surface area contributed by atoms with Crippen molar-refractivity contribution in [3.8, 4) is 0 Å². The fourth-order valence-electron chi connectivity index (χ4n) is 2.80. The molecule has 5 heteroatoms. The molecular formula is C13H28Cl2N2O. The first-order valence-corrected chi connectivity index (χ1v) is 6.91. The highest BCUT2D eigenvalue weighted by Crippen LogP contribution is 2.26. The Morgan fingerprint density at radius 2 is 1.78 bits per heavy atom. The Hall–Kier alpha value is 0.460. The van der Waals surface area contributed by atoms with E-state index in [4.69, 9.17) is 4.74 Å². The van der Waals surface area contributed by atoms with E-state index >= 15 is 0 Å². The van der Waals surface area contributed by atoms with E-state index in [-0.39, 0.29) is 24.8 Å². The van der Waals surface area contributed by atoms with Crippen molar-refractivity contribution in [1.82, 2.24) is 10.2 Å². The summed E-state index contributed by atoms with van der Waals surface area (Å²) in [6, 6.07) is 0. The molecule has 2 rings (SSSR count). The Balaban J connectivity index is 0.00000144. The minimum Gasteiger partial charge on any atom is -0.377 e. The van der Waals surface area contributed by atoms with Gasteiger partial charge in [-0.15, -0.1) is 24.8 Å². The molecule has 0 bridgehead atoms. The lowest BCUT2D eigenvalue weighted by Gasteiger charge is -2.31. The molecule has 1 heterocycles. The van der Waals surface area contributed by atoms with Gasteiger partial charge >= 0.3 is 0 Å². The van der Waals surface area contributed by atoms with E-state index in [1.807, 2.05) is 0 Å². The molecule has 1 saturated heterocycles. The summed E-state index contributed by atoms with van der Waals surface area (Å²) in [5.41, 5.74) is 0. The maximum absolute atomic E-state index is 6.04. The zero-order chi connectivity index (χ0) is 11.2. The first-order chi connectivity index (χ1) is 7.86. The molecule has 0 aromatic carbocycles. The number of ether oxygens (including phenoxy) is 1. The number of piperazine rings is 1. The van der Waals surface area contributed by atoms with Crippen LogP contribution in [0.2, 0.25) is 0 Å². The van der Waals surface area contributed by atoms with Crippen LogP contribution in [0.5, 0.6) is 0 Å². The summed E-state index contributed by atoms with van der Waals surface area (Å²) in [6.45, 7) is 9.03. The quantitative estimate of drug-likeness (QED) is 0.862. The van der Waals surface area contributed by atoms with Crippen LogP contribution >= 0.6 is 24.8 Å². The first-order valence-electron chi connectivity index (χ1n) is 6.91. The Kier molecular flexibility index (Phi) is 10.5. The molecule has 18 heavy (non-hydrogen) atoms. The van der Waals surface area contributed by atoms with Crippen molar-refractivity contribution in [2.45, 2.75) is 38.7 Å². The number of halogens is 2. The fraction of sp³-hybridized carbons (Fsp3) is 1.00. The molecule has 2 fully saturated rings. The second kappa shape index (κ2) is 10.3. The predicted molar refractivity (Wildman–Crippen MR) is 81.2 cm³/mol. The lowest BCUT2D eigenvalue weighted by molar-refractivity contribution is -0.0146. The maximum Gasteiger partial charge on any atom is 0.0601 e. The highest BCUT2D eigenvalue weighted by atomic mass is 35.5. The van der Waals surface area contributed by atoms with Crippen LogP contribution in [0.15, 0.2) is 0 Å². The molecule has 2 aliphatic rings. The van der Waals surface area contributed by atoms with Crippen molar-refractivity contribution in [2.75, 3.05) is 39.3 Å². The van der Waals surface area contributed by atoms with E-state index in [1.165, 1.54) is 38.8 Å². The van der Waals surface area contributed by atoms with E-state index in [0.29, 0.717) is 6.10 Å². The SMILES string of the molecule is CC1CCCCC1OCCN1CCNCC1.Cl.Cl. The molecular weight excluding hydrogens is 271 g/mol. The van der Waals surface area contributed by atoms with Gasteiger partial charge in [0.2, 0.25) is 0 Å². The van der Waals surface area contributed by atoms with Crippen molar-refractivity contribution in [1.29, 1.82) is 0 Å². The standard InChI is InChI=1S/C13H26N2O.2ClH/c1-12-4-2-3-5-13(12)16-11-10-15-8-6-14-7-9-15;;/h12-14H,2-11H2,1H3;2*1H. The van der Waals surface area contributed by atoms with Crippen LogP contribution in [-0.4, -0.2) is 50.3 Å². The van der Waals surface area contributed by atoms with E-state index in [0.717, 1.165) is 32.2 Å². The second-order valence-corrected chi connectivity index (χ2v) is 5.26. The van der Waals surface area contributed by atoms with Gasteiger partial charge in [0.15, 0.2) is 0 Å². The van der Waals surface area contributed by atoms with Gasteiger partial charge in [0.05, 0.1) is 12.7 Å². The molecule has 0 spiro atoms. The first kappa shape index (κ1) is 18.5. The van der Waals surface area contributed by atoms with E-state index in [9.17, 15) is 0 Å². The van der Waals surface area contributed by atoms with Gasteiger partial charge in [0.25, 0.3) is 0 Å². The molecule has 0 aromatic rings. The van der Waals surface area contributed by atoms with Crippen LogP contribution in [0.3, 0.4) is 0 Å². The van der Waals surface area contributed by atoms with E-state index < -0.39 is 0 Å². The number of hydrogen-bond acceptors (Lipinski definition) is 3. The van der Waals surface area contributed by atoms with Gasteiger partial charge in [-0.2, -0.15) is 0 Å². The maximum atomic E-state index is 6.04. The van der Waals surface area contributed by atoms with Gasteiger partial charge in [0.1, 0.15) is 0 Å². The predicted octanol–water partition coefficient (Wildman–Crippen LogP) is 2.33. The van der Waals surface area contributed by atoms with Crippen LogP contribution in [0.1, 0.15) is 32.6 Å². The Morgan fingerprint density at radius 3 is 2.44 bits per heavy atom. The smallest absolute Gasteiger partial charge is 0.0601 e. The molecule has 1 aliphatic heterocycles. The van der Waals surface area contributed by atoms with Gasteiger partial charge in [-0.05, 0) is 18.8 Å². The van der Waals surface area contributed by atoms with Crippen LogP contribution in [0.25, 0.3) is 0 Å². The van der Waals surface area contributed by atoms with Gasteiger partial charge in [-0.3, -0.25) is 4.90 Å². The molecule has 1 aliphatic carbocycles. The zero-order valence-corrected chi connectivity index (χ0v) is 13.0. The molecule has 1 saturated carbocycles. The largest absolute Gasteiger partial charge is 0.377 e. The average Bonchev–Trinajstić information content (AvgIpc) is 2.33. The summed E-state index contributed by atoms with van der Waals surface area (Å²) in [5.74, 6) is 0.775. The lowest BCUT2D eigenvalue weighted by Crippen LogP contribution is -2.45. The summed E-state index contributed by atoms with van der Waals surface area (Å²) in [6.07, 6.45) is 5.94. The molecule has 0 amide bonds. The third kappa shape index (κ3) is 6.07. The summed E-state index contributed by atoms with van der Waals surface area (Å²) >= 11 is 0. The summed E-state index contributed by atoms with van der Waals surface area (Å²) < 4.78 is 6.04. The number of nitrogens with zero attached hydrogens (tertiary/aromatic N) is 1. The number of nitrogens with one attached hydrogen (secondary N) is 1. The van der Waals surface area contributed by atoms with Crippen molar-refractivity contribution in [3.63, 3.8) is 0 Å². The van der Waals surface area contributed by atoms with Crippen molar-refractivity contribution in [2.24, 2.45) is 5.92 Å². The highest BCUT2D eigenvalue weighted by molar-refractivity contribution is 5.85. The molecule has 1 N–H and O–H groups in total. The van der Waals surface area contributed by atoms with Crippen molar-refractivity contribution >= 4 is 24.8 Å². The molecule has 0 radical (unpaired) electrons. The monoisotopic (exact) mass is 298 g/mol. The highest BCUT2D eigenvalue weighted by Gasteiger charge is 2.21.